The number of halogens is 1. The van der Waals surface area contributed by atoms with Crippen molar-refractivity contribution in [3.05, 3.63) is 58.8 Å². The molecule has 2 N–H and O–H groups in total. The van der Waals surface area contributed by atoms with E-state index < -0.39 is 0 Å². The van der Waals surface area contributed by atoms with Gasteiger partial charge in [-0.15, -0.1) is 0 Å². The van der Waals surface area contributed by atoms with Crippen LogP contribution < -0.4 is 10.5 Å². The number of ether oxygens (including phenoxy) is 1. The Morgan fingerprint density at radius 3 is 2.75 bits per heavy atom. The molecule has 0 fully saturated rings. The Bertz CT molecular complexity index is 787. The van der Waals surface area contributed by atoms with Gasteiger partial charge in [0.1, 0.15) is 11.5 Å². The lowest BCUT2D eigenvalue weighted by atomic mass is 10.1. The molecule has 3 rings (SSSR count). The van der Waals surface area contributed by atoms with Crippen LogP contribution in [0.2, 0.25) is 0 Å². The topological polar surface area (TPSA) is 48.1 Å². The van der Waals surface area contributed by atoms with Crippen molar-refractivity contribution in [2.75, 3.05) is 5.73 Å². The lowest BCUT2D eigenvalue weighted by molar-refractivity contribution is 0.488. The van der Waals surface area contributed by atoms with Crippen LogP contribution in [0, 0.1) is 6.92 Å². The van der Waals surface area contributed by atoms with Crippen molar-refractivity contribution < 1.29 is 4.74 Å². The van der Waals surface area contributed by atoms with Crippen LogP contribution in [-0.2, 0) is 0 Å². The Labute approximate surface area is 125 Å². The zero-order valence-electron chi connectivity index (χ0n) is 10.9. The van der Waals surface area contributed by atoms with Gasteiger partial charge >= 0.3 is 0 Å². The minimum atomic E-state index is 0.724. The Morgan fingerprint density at radius 1 is 1.10 bits per heavy atom. The van der Waals surface area contributed by atoms with Crippen LogP contribution in [0.4, 0.5) is 5.69 Å². The summed E-state index contributed by atoms with van der Waals surface area (Å²) in [5, 5.41) is 1.86. The molecule has 2 aromatic carbocycles. The number of nitrogens with zero attached hydrogens (tertiary/aromatic N) is 1. The molecule has 0 unspecified atom stereocenters. The summed E-state index contributed by atoms with van der Waals surface area (Å²) in [4.78, 5) is 4.14. The van der Waals surface area contributed by atoms with E-state index in [0.29, 0.717) is 0 Å². The second-order valence-corrected chi connectivity index (χ2v) is 5.44. The van der Waals surface area contributed by atoms with E-state index in [9.17, 15) is 0 Å². The van der Waals surface area contributed by atoms with Gasteiger partial charge in [0.25, 0.3) is 0 Å². The number of aromatic nitrogens is 1. The van der Waals surface area contributed by atoms with Gasteiger partial charge in [-0.25, -0.2) is 0 Å². The molecule has 0 amide bonds. The molecule has 0 radical (unpaired) electrons. The maximum absolute atomic E-state index is 5.97. The first kappa shape index (κ1) is 12.9. The number of anilines is 1. The highest BCUT2D eigenvalue weighted by Gasteiger charge is 2.07. The SMILES string of the molecule is Cc1cc(Oc2ccc(N)c3ccncc23)ccc1Br. The maximum atomic E-state index is 5.97. The molecule has 0 aliphatic heterocycles. The highest BCUT2D eigenvalue weighted by Crippen LogP contribution is 2.33. The summed E-state index contributed by atoms with van der Waals surface area (Å²) in [5.41, 5.74) is 7.82. The van der Waals surface area contributed by atoms with Crippen LogP contribution in [0.25, 0.3) is 10.8 Å². The molecule has 0 saturated carbocycles. The van der Waals surface area contributed by atoms with Crippen LogP contribution in [0.15, 0.2) is 53.3 Å². The molecule has 20 heavy (non-hydrogen) atoms. The molecule has 1 heterocycles. The molecular weight excluding hydrogens is 316 g/mol. The fourth-order valence-corrected chi connectivity index (χ4v) is 2.33. The summed E-state index contributed by atoms with van der Waals surface area (Å²) >= 11 is 3.48. The van der Waals surface area contributed by atoms with Gasteiger partial charge in [0, 0.05) is 33.3 Å². The average Bonchev–Trinajstić information content (AvgIpc) is 2.46. The van der Waals surface area contributed by atoms with E-state index >= 15 is 0 Å². The lowest BCUT2D eigenvalue weighted by Gasteiger charge is -2.11. The lowest BCUT2D eigenvalue weighted by Crippen LogP contribution is -1.91. The second-order valence-electron chi connectivity index (χ2n) is 4.59. The van der Waals surface area contributed by atoms with Crippen LogP contribution >= 0.6 is 15.9 Å². The monoisotopic (exact) mass is 328 g/mol. The maximum Gasteiger partial charge on any atom is 0.136 e. The number of pyridine rings is 1. The van der Waals surface area contributed by atoms with E-state index in [2.05, 4.69) is 20.9 Å². The summed E-state index contributed by atoms with van der Waals surface area (Å²) in [7, 11) is 0. The minimum Gasteiger partial charge on any atom is -0.457 e. The molecule has 0 saturated heterocycles. The first-order valence-electron chi connectivity index (χ1n) is 6.21. The highest BCUT2D eigenvalue weighted by atomic mass is 79.9. The number of aryl methyl sites for hydroxylation is 1. The van der Waals surface area contributed by atoms with E-state index in [0.717, 1.165) is 38.0 Å². The Morgan fingerprint density at radius 2 is 1.95 bits per heavy atom. The smallest absolute Gasteiger partial charge is 0.136 e. The first-order valence-corrected chi connectivity index (χ1v) is 7.00. The summed E-state index contributed by atoms with van der Waals surface area (Å²) in [6.45, 7) is 2.03. The summed E-state index contributed by atoms with van der Waals surface area (Å²) in [6, 6.07) is 11.5. The van der Waals surface area contributed by atoms with Crippen molar-refractivity contribution in [3.63, 3.8) is 0 Å². The molecule has 0 atom stereocenters. The number of fused-ring (bicyclic) bond motifs is 1. The molecule has 0 bridgehead atoms. The van der Waals surface area contributed by atoms with Gasteiger partial charge in [-0.2, -0.15) is 0 Å². The predicted octanol–water partition coefficient (Wildman–Crippen LogP) is 4.68. The number of nitrogen functional groups attached to an aromatic ring is 1. The third kappa shape index (κ3) is 2.34. The van der Waals surface area contributed by atoms with E-state index in [4.69, 9.17) is 10.5 Å². The van der Waals surface area contributed by atoms with Crippen molar-refractivity contribution in [3.8, 4) is 11.5 Å². The Balaban J connectivity index is 2.06. The third-order valence-electron chi connectivity index (χ3n) is 3.17. The van der Waals surface area contributed by atoms with Crippen LogP contribution in [0.1, 0.15) is 5.56 Å². The van der Waals surface area contributed by atoms with Crippen LogP contribution in [0.5, 0.6) is 11.5 Å². The first-order chi connectivity index (χ1) is 9.65. The van der Waals surface area contributed by atoms with Gasteiger partial charge in [0.15, 0.2) is 0 Å². The fraction of sp³-hybridized carbons (Fsp3) is 0.0625. The number of rotatable bonds is 2. The number of nitrogens with two attached hydrogens (primary N) is 1. The van der Waals surface area contributed by atoms with Crippen LogP contribution in [-0.4, -0.2) is 4.98 Å². The summed E-state index contributed by atoms with van der Waals surface area (Å²) in [6.07, 6.45) is 3.50. The van der Waals surface area contributed by atoms with Crippen LogP contribution in [0.3, 0.4) is 0 Å². The molecular formula is C16H13BrN2O. The predicted molar refractivity (Wildman–Crippen MR) is 85.1 cm³/mol. The van der Waals surface area contributed by atoms with Gasteiger partial charge in [0.05, 0.1) is 0 Å². The Kier molecular flexibility index (Phi) is 3.32. The van der Waals surface area contributed by atoms with Gasteiger partial charge in [-0.3, -0.25) is 4.98 Å². The van der Waals surface area contributed by atoms with Gasteiger partial charge in [0.2, 0.25) is 0 Å². The minimum absolute atomic E-state index is 0.724. The largest absolute Gasteiger partial charge is 0.457 e. The number of benzene rings is 2. The molecule has 100 valence electrons. The second kappa shape index (κ2) is 5.13. The van der Waals surface area contributed by atoms with Crippen molar-refractivity contribution in [1.82, 2.24) is 4.98 Å². The molecule has 0 aliphatic carbocycles. The molecule has 0 spiro atoms. The fourth-order valence-electron chi connectivity index (χ4n) is 2.08. The van der Waals surface area contributed by atoms with Gasteiger partial charge < -0.3 is 10.5 Å². The number of hydrogen-bond acceptors (Lipinski definition) is 3. The van der Waals surface area contributed by atoms with Crippen molar-refractivity contribution in [2.24, 2.45) is 0 Å². The molecule has 0 aliphatic rings. The molecule has 1 aromatic heterocycles. The van der Waals surface area contributed by atoms with E-state index in [1.807, 2.05) is 43.3 Å². The molecule has 3 aromatic rings. The van der Waals surface area contributed by atoms with E-state index in [1.165, 1.54) is 0 Å². The zero-order chi connectivity index (χ0) is 14.1. The summed E-state index contributed by atoms with van der Waals surface area (Å²) < 4.78 is 7.03. The normalized spacial score (nSPS) is 10.7. The molecule has 3 nitrogen and oxygen atoms in total. The highest BCUT2D eigenvalue weighted by molar-refractivity contribution is 9.10. The van der Waals surface area contributed by atoms with Crippen molar-refractivity contribution >= 4 is 32.4 Å². The van der Waals surface area contributed by atoms with Gasteiger partial charge in [-0.05, 0) is 48.9 Å². The summed E-state index contributed by atoms with van der Waals surface area (Å²) in [5.74, 6) is 1.55. The Hall–Kier alpha value is -2.07. The number of hydrogen-bond donors (Lipinski definition) is 1. The quantitative estimate of drug-likeness (QED) is 0.695. The van der Waals surface area contributed by atoms with E-state index in [1.54, 1.807) is 12.4 Å². The van der Waals surface area contributed by atoms with Crippen molar-refractivity contribution in [1.29, 1.82) is 0 Å². The van der Waals surface area contributed by atoms with Gasteiger partial charge in [-0.1, -0.05) is 15.9 Å². The van der Waals surface area contributed by atoms with Crippen molar-refractivity contribution in [2.45, 2.75) is 6.92 Å². The standard InChI is InChI=1S/C16H13BrN2O/c1-10-8-11(2-3-14(10)17)20-16-5-4-15(18)12-6-7-19-9-13(12)16/h2-9H,18H2,1H3. The van der Waals surface area contributed by atoms with E-state index in [-0.39, 0.29) is 0 Å². The molecule has 4 heteroatoms. The average molecular weight is 329 g/mol. The third-order valence-corrected chi connectivity index (χ3v) is 4.06. The zero-order valence-corrected chi connectivity index (χ0v) is 12.5.